The van der Waals surface area contributed by atoms with E-state index in [1.54, 1.807) is 19.1 Å². The number of esters is 1. The van der Waals surface area contributed by atoms with Crippen LogP contribution < -0.4 is 5.32 Å². The molecule has 2 saturated carbocycles. The summed E-state index contributed by atoms with van der Waals surface area (Å²) in [5.74, 6) is -2.41. The molecule has 0 aliphatic heterocycles. The van der Waals surface area contributed by atoms with E-state index in [4.69, 9.17) is 9.47 Å². The summed E-state index contributed by atoms with van der Waals surface area (Å²) in [5.41, 5.74) is -4.85. The first-order valence-corrected chi connectivity index (χ1v) is 17.4. The highest BCUT2D eigenvalue weighted by Crippen LogP contribution is 2.75. The summed E-state index contributed by atoms with van der Waals surface area (Å²) in [6.45, 7) is 11.4. The maximum Gasteiger partial charge on any atom is 0.407 e. The van der Waals surface area contributed by atoms with Crippen LogP contribution in [0.4, 0.5) is 4.79 Å². The van der Waals surface area contributed by atoms with Crippen molar-refractivity contribution >= 4 is 17.8 Å². The smallest absolute Gasteiger partial charge is 0.407 e. The average molecular weight is 632 g/mol. The van der Waals surface area contributed by atoms with Crippen LogP contribution in [-0.2, 0) is 19.1 Å². The molecule has 0 saturated heterocycles. The number of allylic oxidation sites excluding steroid dienone is 1. The minimum atomic E-state index is -2.26. The van der Waals surface area contributed by atoms with Gasteiger partial charge in [0.25, 0.3) is 0 Å². The van der Waals surface area contributed by atoms with Crippen molar-refractivity contribution in [2.45, 2.75) is 142 Å². The zero-order chi connectivity index (χ0) is 33.2. The standard InChI is InChI=1S/C36H57NO8/c1-7-9-10-11-12-13-14-15-16-17-27(39)45-35-21-24(4)34-20-23(3)31(44-32(42)37-18-8-2)36(34,43)29(40)25(22-38)19-26(30(34)41)28(35)33(35,5)6/h19-20,24,26,28-29,31,38,40,43H,7-18,21-22H2,1-6H3,(H,37,42)/t24-,26+,28-,29-,31+,34+,35+,36+/m1/s1. The number of amides is 1. The lowest BCUT2D eigenvalue weighted by Crippen LogP contribution is -2.66. The minimum Gasteiger partial charge on any atom is -0.458 e. The molecule has 8 atom stereocenters. The van der Waals surface area contributed by atoms with Crippen LogP contribution >= 0.6 is 0 Å². The van der Waals surface area contributed by atoms with Gasteiger partial charge in [0.05, 0.1) is 12.0 Å². The van der Waals surface area contributed by atoms with E-state index in [0.29, 0.717) is 31.4 Å². The molecule has 0 aromatic carbocycles. The van der Waals surface area contributed by atoms with Crippen LogP contribution in [0.2, 0.25) is 0 Å². The third kappa shape index (κ3) is 5.91. The molecule has 1 spiro atoms. The van der Waals surface area contributed by atoms with Crippen LogP contribution in [0.25, 0.3) is 0 Å². The van der Waals surface area contributed by atoms with Crippen molar-refractivity contribution in [3.8, 4) is 0 Å². The van der Waals surface area contributed by atoms with Gasteiger partial charge in [-0.1, -0.05) is 98.1 Å². The Bertz CT molecular complexity index is 1180. The Morgan fingerprint density at radius 1 is 1.02 bits per heavy atom. The van der Waals surface area contributed by atoms with E-state index in [2.05, 4.69) is 12.2 Å². The number of Topliss-reactive ketones (excluding diaryl/α,β-unsaturated/α-hetero) is 1. The normalized spacial score (nSPS) is 36.1. The maximum absolute atomic E-state index is 14.8. The van der Waals surface area contributed by atoms with Gasteiger partial charge in [-0.3, -0.25) is 9.59 Å². The zero-order valence-electron chi connectivity index (χ0n) is 28.3. The predicted molar refractivity (Wildman–Crippen MR) is 171 cm³/mol. The molecule has 2 fully saturated rings. The molecular formula is C36H57NO8. The second-order valence-electron chi connectivity index (χ2n) is 14.7. The predicted octanol–water partition coefficient (Wildman–Crippen LogP) is 5.55. The quantitative estimate of drug-likeness (QED) is 0.105. The van der Waals surface area contributed by atoms with Crippen molar-refractivity contribution in [2.24, 2.45) is 28.6 Å². The number of hydrogen-bond acceptors (Lipinski definition) is 8. The number of carbonyl (C=O) groups is 3. The number of fused-ring (bicyclic) bond motifs is 3. The van der Waals surface area contributed by atoms with Crippen molar-refractivity contribution < 1.29 is 39.2 Å². The second kappa shape index (κ2) is 13.9. The lowest BCUT2D eigenvalue weighted by Gasteiger charge is -2.49. The fourth-order valence-corrected chi connectivity index (χ4v) is 9.10. The monoisotopic (exact) mass is 631 g/mol. The van der Waals surface area contributed by atoms with Crippen molar-refractivity contribution in [3.05, 3.63) is 23.3 Å². The van der Waals surface area contributed by atoms with Crippen LogP contribution in [0.1, 0.15) is 119 Å². The van der Waals surface area contributed by atoms with Crippen molar-refractivity contribution in [1.29, 1.82) is 0 Å². The van der Waals surface area contributed by atoms with Gasteiger partial charge in [-0.05, 0) is 43.3 Å². The van der Waals surface area contributed by atoms with E-state index in [1.807, 2.05) is 27.7 Å². The summed E-state index contributed by atoms with van der Waals surface area (Å²) in [7, 11) is 0. The molecule has 0 unspecified atom stereocenters. The number of rotatable bonds is 15. The number of hydrogen-bond donors (Lipinski definition) is 4. The van der Waals surface area contributed by atoms with Gasteiger partial charge in [0.1, 0.15) is 11.7 Å². The molecule has 1 amide bonds. The molecule has 4 rings (SSSR count). The van der Waals surface area contributed by atoms with Crippen LogP contribution in [0.3, 0.4) is 0 Å². The summed E-state index contributed by atoms with van der Waals surface area (Å²) in [4.78, 5) is 40.9. The van der Waals surface area contributed by atoms with Gasteiger partial charge in [0, 0.05) is 30.2 Å². The van der Waals surface area contributed by atoms with E-state index in [9.17, 15) is 29.7 Å². The Balaban J connectivity index is 1.58. The average Bonchev–Trinajstić information content (AvgIpc) is 3.39. The molecular weight excluding hydrogens is 574 g/mol. The molecule has 4 aliphatic rings. The van der Waals surface area contributed by atoms with Gasteiger partial charge in [0.15, 0.2) is 17.5 Å². The minimum absolute atomic E-state index is 0.0927. The Labute approximate surface area is 269 Å². The lowest BCUT2D eigenvalue weighted by molar-refractivity contribution is -0.191. The van der Waals surface area contributed by atoms with Gasteiger partial charge in [0.2, 0.25) is 0 Å². The SMILES string of the molecule is CCCCCCCCCCCC(=O)O[C@@]12C[C@@H](C)[C@]34C=C(C)[C@H](OC(=O)NCCC)[C@@]3(O)[C@H](O)C(CO)=C[C@H](C4=O)[C@@H]1C2(C)C. The van der Waals surface area contributed by atoms with Gasteiger partial charge < -0.3 is 30.1 Å². The molecule has 45 heavy (non-hydrogen) atoms. The summed E-state index contributed by atoms with van der Waals surface area (Å²) >= 11 is 0. The Morgan fingerprint density at radius 3 is 2.24 bits per heavy atom. The number of ether oxygens (including phenoxy) is 2. The number of aliphatic hydroxyl groups is 3. The zero-order valence-corrected chi connectivity index (χ0v) is 28.3. The first-order valence-electron chi connectivity index (χ1n) is 17.4. The number of alkyl carbamates (subject to hydrolysis) is 1. The summed E-state index contributed by atoms with van der Waals surface area (Å²) in [6.07, 6.45) is 11.1. The fraction of sp³-hybridized carbons (Fsp3) is 0.806. The molecule has 0 radical (unpaired) electrons. The topological polar surface area (TPSA) is 142 Å². The van der Waals surface area contributed by atoms with E-state index >= 15 is 0 Å². The molecule has 0 aromatic heterocycles. The van der Waals surface area contributed by atoms with Gasteiger partial charge in [-0.15, -0.1) is 0 Å². The molecule has 0 heterocycles. The molecule has 2 bridgehead atoms. The Kier molecular flexibility index (Phi) is 11.0. The number of carbonyl (C=O) groups excluding carboxylic acids is 3. The molecule has 9 nitrogen and oxygen atoms in total. The summed E-state index contributed by atoms with van der Waals surface area (Å²) < 4.78 is 12.1. The summed E-state index contributed by atoms with van der Waals surface area (Å²) in [5, 5.41) is 37.3. The van der Waals surface area contributed by atoms with Crippen LogP contribution in [0.15, 0.2) is 23.3 Å². The van der Waals surface area contributed by atoms with E-state index in [-0.39, 0.29) is 17.3 Å². The largest absolute Gasteiger partial charge is 0.458 e. The lowest BCUT2D eigenvalue weighted by atomic mass is 9.59. The number of ketones is 1. The van der Waals surface area contributed by atoms with Gasteiger partial charge in [-0.25, -0.2) is 4.79 Å². The number of unbranched alkanes of at least 4 members (excludes halogenated alkanes) is 8. The highest BCUT2D eigenvalue weighted by Gasteiger charge is 2.83. The Morgan fingerprint density at radius 2 is 1.64 bits per heavy atom. The van der Waals surface area contributed by atoms with E-state index < -0.39 is 64.7 Å². The highest BCUT2D eigenvalue weighted by molar-refractivity contribution is 5.96. The van der Waals surface area contributed by atoms with Crippen LogP contribution in [-0.4, -0.2) is 69.7 Å². The van der Waals surface area contributed by atoms with Gasteiger partial charge >= 0.3 is 12.1 Å². The third-order valence-corrected chi connectivity index (χ3v) is 11.5. The first-order chi connectivity index (χ1) is 21.3. The second-order valence-corrected chi connectivity index (χ2v) is 14.7. The number of aliphatic hydroxyl groups excluding tert-OH is 2. The Hall–Kier alpha value is -2.23. The van der Waals surface area contributed by atoms with Gasteiger partial charge in [-0.2, -0.15) is 0 Å². The molecule has 254 valence electrons. The van der Waals surface area contributed by atoms with Crippen molar-refractivity contribution in [1.82, 2.24) is 5.32 Å². The number of nitrogens with one attached hydrogen (secondary N) is 1. The van der Waals surface area contributed by atoms with Crippen LogP contribution in [0, 0.1) is 28.6 Å². The van der Waals surface area contributed by atoms with E-state index in [1.165, 1.54) is 38.5 Å². The third-order valence-electron chi connectivity index (χ3n) is 11.5. The molecule has 4 aliphatic carbocycles. The van der Waals surface area contributed by atoms with Crippen molar-refractivity contribution in [2.75, 3.05) is 13.2 Å². The first kappa shape index (κ1) is 35.6. The molecule has 4 N–H and O–H groups in total. The fourth-order valence-electron chi connectivity index (χ4n) is 9.10. The highest BCUT2D eigenvalue weighted by atomic mass is 16.6. The van der Waals surface area contributed by atoms with Crippen molar-refractivity contribution in [3.63, 3.8) is 0 Å². The summed E-state index contributed by atoms with van der Waals surface area (Å²) in [6, 6.07) is 0. The van der Waals surface area contributed by atoms with E-state index in [0.717, 1.165) is 19.3 Å². The maximum atomic E-state index is 14.8. The molecule has 0 aromatic rings. The molecule has 9 heteroatoms. The van der Waals surface area contributed by atoms with Crippen LogP contribution in [0.5, 0.6) is 0 Å².